The van der Waals surface area contributed by atoms with Crippen molar-refractivity contribution in [3.05, 3.63) is 131 Å². The maximum atomic E-state index is 14.0. The van der Waals surface area contributed by atoms with Crippen molar-refractivity contribution in [2.24, 2.45) is 5.73 Å². The Kier molecular flexibility index (Phi) is 5.69. The quantitative estimate of drug-likeness (QED) is 0.480. The third-order valence-corrected chi connectivity index (χ3v) is 6.33. The fourth-order valence-corrected chi connectivity index (χ4v) is 4.70. The number of benzene rings is 4. The highest BCUT2D eigenvalue weighted by atomic mass is 16.2. The van der Waals surface area contributed by atoms with Gasteiger partial charge < -0.3 is 4.90 Å². The van der Waals surface area contributed by atoms with Crippen LogP contribution in [0.4, 0.5) is 0 Å². The molecule has 1 heterocycles. The van der Waals surface area contributed by atoms with Crippen LogP contribution in [0.5, 0.6) is 0 Å². The average Bonchev–Trinajstić information content (AvgIpc) is 3.15. The van der Waals surface area contributed by atoms with E-state index in [1.165, 1.54) is 0 Å². The Balaban J connectivity index is 1.52. The molecule has 5 rings (SSSR count). The predicted octanol–water partition coefficient (Wildman–Crippen LogP) is 4.34. The predicted molar refractivity (Wildman–Crippen MR) is 132 cm³/mol. The third-order valence-electron chi connectivity index (χ3n) is 6.33. The second-order valence-electron chi connectivity index (χ2n) is 8.36. The summed E-state index contributed by atoms with van der Waals surface area (Å²) in [5.74, 6) is -0.0970. The number of nitrogens with zero attached hydrogens (tertiary/aromatic N) is 2. The second kappa shape index (κ2) is 8.95. The van der Waals surface area contributed by atoms with Gasteiger partial charge in [-0.05, 0) is 39.9 Å². The fraction of sp³-hybridized carbons (Fsp3) is 0.103. The first kappa shape index (κ1) is 21.6. The average molecular weight is 445 g/mol. The van der Waals surface area contributed by atoms with Crippen molar-refractivity contribution in [3.8, 4) is 17.2 Å². The van der Waals surface area contributed by atoms with E-state index in [0.29, 0.717) is 12.1 Å². The number of hydrogen-bond acceptors (Lipinski definition) is 4. The number of carbonyl (C=O) groups is 1. The molecular weight excluding hydrogens is 420 g/mol. The van der Waals surface area contributed by atoms with Crippen LogP contribution in [0.3, 0.4) is 0 Å². The summed E-state index contributed by atoms with van der Waals surface area (Å²) in [5.41, 5.74) is 10.5. The molecule has 4 aromatic rings. The molecule has 0 aliphatic carbocycles. The van der Waals surface area contributed by atoms with Crippen LogP contribution >= 0.6 is 0 Å². The highest BCUT2D eigenvalue weighted by Crippen LogP contribution is 2.37. The van der Waals surface area contributed by atoms with Gasteiger partial charge in [0.1, 0.15) is 6.29 Å². The lowest BCUT2D eigenvalue weighted by Gasteiger charge is -2.28. The SMILES string of the molecule is N#Cc1ccccc1-c1cccc(CN2C(=O)C(c3ccccc3)(c3ccccc3)NC2N)c1. The van der Waals surface area contributed by atoms with Gasteiger partial charge in [-0.25, -0.2) is 0 Å². The van der Waals surface area contributed by atoms with Crippen LogP contribution in [0.15, 0.2) is 109 Å². The molecule has 1 aliphatic heterocycles. The van der Waals surface area contributed by atoms with Gasteiger partial charge >= 0.3 is 0 Å². The van der Waals surface area contributed by atoms with E-state index >= 15 is 0 Å². The zero-order chi connectivity index (χ0) is 23.5. The molecular formula is C29H24N4O. The highest BCUT2D eigenvalue weighted by Gasteiger charge is 2.52. The van der Waals surface area contributed by atoms with Crippen molar-refractivity contribution in [1.29, 1.82) is 5.26 Å². The van der Waals surface area contributed by atoms with Gasteiger partial charge in [-0.15, -0.1) is 0 Å². The molecule has 1 unspecified atom stereocenters. The Morgan fingerprint density at radius 1 is 0.853 bits per heavy atom. The van der Waals surface area contributed by atoms with Crippen LogP contribution in [0.1, 0.15) is 22.3 Å². The molecule has 3 N–H and O–H groups in total. The molecule has 1 atom stereocenters. The highest BCUT2D eigenvalue weighted by molar-refractivity contribution is 5.94. The zero-order valence-corrected chi connectivity index (χ0v) is 18.6. The van der Waals surface area contributed by atoms with Crippen molar-refractivity contribution < 1.29 is 4.79 Å². The van der Waals surface area contributed by atoms with Crippen molar-refractivity contribution >= 4 is 5.91 Å². The molecule has 0 radical (unpaired) electrons. The molecule has 34 heavy (non-hydrogen) atoms. The van der Waals surface area contributed by atoms with E-state index in [1.54, 1.807) is 11.0 Å². The molecule has 1 aliphatic rings. The van der Waals surface area contributed by atoms with Gasteiger partial charge in [-0.2, -0.15) is 5.26 Å². The van der Waals surface area contributed by atoms with Gasteiger partial charge in [0.15, 0.2) is 5.54 Å². The van der Waals surface area contributed by atoms with Crippen LogP contribution in [0.2, 0.25) is 0 Å². The first-order chi connectivity index (χ1) is 16.6. The van der Waals surface area contributed by atoms with Crippen LogP contribution in [0.25, 0.3) is 11.1 Å². The molecule has 166 valence electrons. The van der Waals surface area contributed by atoms with E-state index in [9.17, 15) is 10.1 Å². The molecule has 0 saturated carbocycles. The minimum absolute atomic E-state index is 0.0970. The minimum atomic E-state index is -1.06. The number of amides is 1. The van der Waals surface area contributed by atoms with E-state index in [0.717, 1.165) is 27.8 Å². The second-order valence-corrected chi connectivity index (χ2v) is 8.36. The molecule has 1 amide bonds. The summed E-state index contributed by atoms with van der Waals surface area (Å²) in [6, 6.07) is 37.1. The van der Waals surface area contributed by atoms with Crippen molar-refractivity contribution in [2.75, 3.05) is 0 Å². The summed E-state index contributed by atoms with van der Waals surface area (Å²) in [6.07, 6.45) is -0.664. The Labute approximate surface area is 199 Å². The van der Waals surface area contributed by atoms with Gasteiger partial charge in [0, 0.05) is 6.54 Å². The molecule has 5 heteroatoms. The van der Waals surface area contributed by atoms with E-state index in [2.05, 4.69) is 11.4 Å². The number of nitrogens with two attached hydrogens (primary N) is 1. The van der Waals surface area contributed by atoms with Gasteiger partial charge in [-0.1, -0.05) is 97.1 Å². The normalized spacial score (nSPS) is 16.9. The molecule has 0 aromatic heterocycles. The van der Waals surface area contributed by atoms with Crippen molar-refractivity contribution in [2.45, 2.75) is 18.4 Å². The number of nitriles is 1. The summed E-state index contributed by atoms with van der Waals surface area (Å²) in [6.45, 7) is 0.344. The first-order valence-electron chi connectivity index (χ1n) is 11.2. The Hall–Kier alpha value is -4.24. The fourth-order valence-electron chi connectivity index (χ4n) is 4.70. The molecule has 4 aromatic carbocycles. The Morgan fingerprint density at radius 2 is 1.47 bits per heavy atom. The van der Waals surface area contributed by atoms with E-state index in [-0.39, 0.29) is 5.91 Å². The number of carbonyl (C=O) groups excluding carboxylic acids is 1. The lowest BCUT2D eigenvalue weighted by molar-refractivity contribution is -0.132. The van der Waals surface area contributed by atoms with Crippen LogP contribution in [-0.2, 0) is 16.9 Å². The maximum Gasteiger partial charge on any atom is 0.254 e. The molecule has 1 saturated heterocycles. The van der Waals surface area contributed by atoms with Crippen LogP contribution in [-0.4, -0.2) is 17.1 Å². The summed E-state index contributed by atoms with van der Waals surface area (Å²) in [4.78, 5) is 15.7. The summed E-state index contributed by atoms with van der Waals surface area (Å²) >= 11 is 0. The first-order valence-corrected chi connectivity index (χ1v) is 11.2. The van der Waals surface area contributed by atoms with Gasteiger partial charge in [0.05, 0.1) is 11.6 Å². The van der Waals surface area contributed by atoms with Gasteiger partial charge in [0.2, 0.25) is 0 Å². The third kappa shape index (κ3) is 3.65. The lowest BCUT2D eigenvalue weighted by atomic mass is 9.82. The largest absolute Gasteiger partial charge is 0.308 e. The van der Waals surface area contributed by atoms with E-state index in [1.807, 2.05) is 103 Å². The smallest absolute Gasteiger partial charge is 0.254 e. The number of rotatable bonds is 5. The molecule has 0 spiro atoms. The van der Waals surface area contributed by atoms with E-state index < -0.39 is 11.8 Å². The standard InChI is InChI=1S/C29H24N4O/c30-19-23-11-7-8-17-26(23)22-12-9-10-21(18-22)20-33-27(34)29(32-28(33)31,24-13-3-1-4-14-24)25-15-5-2-6-16-25/h1-18,28,32H,20,31H2. The molecule has 1 fully saturated rings. The maximum absolute atomic E-state index is 14.0. The number of nitrogens with one attached hydrogen (secondary N) is 1. The molecule has 0 bridgehead atoms. The van der Waals surface area contributed by atoms with Crippen LogP contribution in [0, 0.1) is 11.3 Å². The summed E-state index contributed by atoms with van der Waals surface area (Å²) < 4.78 is 0. The minimum Gasteiger partial charge on any atom is -0.308 e. The zero-order valence-electron chi connectivity index (χ0n) is 18.6. The summed E-state index contributed by atoms with van der Waals surface area (Å²) in [7, 11) is 0. The number of hydrogen-bond donors (Lipinski definition) is 2. The monoisotopic (exact) mass is 444 g/mol. The Bertz CT molecular complexity index is 1320. The van der Waals surface area contributed by atoms with Crippen molar-refractivity contribution in [1.82, 2.24) is 10.2 Å². The lowest BCUT2D eigenvalue weighted by Crippen LogP contribution is -2.48. The molecule has 5 nitrogen and oxygen atoms in total. The van der Waals surface area contributed by atoms with Crippen LogP contribution < -0.4 is 11.1 Å². The van der Waals surface area contributed by atoms with Crippen molar-refractivity contribution in [3.63, 3.8) is 0 Å². The van der Waals surface area contributed by atoms with Gasteiger partial charge in [0.25, 0.3) is 5.91 Å². The summed E-state index contributed by atoms with van der Waals surface area (Å²) in [5, 5.41) is 12.9. The van der Waals surface area contributed by atoms with E-state index in [4.69, 9.17) is 5.73 Å². The van der Waals surface area contributed by atoms with Gasteiger partial charge in [-0.3, -0.25) is 15.8 Å². The topological polar surface area (TPSA) is 82.2 Å². The Morgan fingerprint density at radius 3 is 2.12 bits per heavy atom.